The summed E-state index contributed by atoms with van der Waals surface area (Å²) in [6.45, 7) is 0. The quantitative estimate of drug-likeness (QED) is 0.889. The number of carbonyl (C=O) groups excluding carboxylic acids is 1. The second kappa shape index (κ2) is 5.16. The van der Waals surface area contributed by atoms with Crippen LogP contribution in [0.1, 0.15) is 23.2 Å². The molecule has 1 amide bonds. The molecule has 6 heteroatoms. The largest absolute Gasteiger partial charge is 0.381 e. The highest BCUT2D eigenvalue weighted by molar-refractivity contribution is 9.12. The van der Waals surface area contributed by atoms with Crippen LogP contribution in [0.5, 0.6) is 0 Å². The molecular formula is C10H11Br2NO2S. The highest BCUT2D eigenvalue weighted by Crippen LogP contribution is 2.32. The van der Waals surface area contributed by atoms with Crippen LogP contribution in [0.3, 0.4) is 0 Å². The standard InChI is InChI=1S/C10H11Br2NO2S/c1-15-6-2-5(3-6)13-10(14)7-4-8(11)16-9(7)12/h4-6H,2-3H2,1H3,(H,13,14). The maximum atomic E-state index is 11.9. The van der Waals surface area contributed by atoms with E-state index in [0.29, 0.717) is 11.7 Å². The monoisotopic (exact) mass is 367 g/mol. The molecule has 0 unspecified atom stereocenters. The van der Waals surface area contributed by atoms with Crippen molar-refractivity contribution >= 4 is 49.1 Å². The molecule has 2 rings (SSSR count). The number of amides is 1. The Morgan fingerprint density at radius 3 is 2.75 bits per heavy atom. The smallest absolute Gasteiger partial charge is 0.253 e. The van der Waals surface area contributed by atoms with Crippen molar-refractivity contribution in [1.29, 1.82) is 0 Å². The van der Waals surface area contributed by atoms with Crippen LogP contribution in [0, 0.1) is 0 Å². The number of thiophene rings is 1. The number of hydrogen-bond acceptors (Lipinski definition) is 3. The first kappa shape index (κ1) is 12.5. The molecule has 0 radical (unpaired) electrons. The van der Waals surface area contributed by atoms with Crippen LogP contribution in [-0.4, -0.2) is 25.2 Å². The highest BCUT2D eigenvalue weighted by atomic mass is 79.9. The molecule has 1 fully saturated rings. The van der Waals surface area contributed by atoms with Crippen LogP contribution >= 0.6 is 43.2 Å². The second-order valence-corrected chi connectivity index (χ2v) is 7.49. The van der Waals surface area contributed by atoms with Crippen molar-refractivity contribution in [1.82, 2.24) is 5.32 Å². The molecule has 3 nitrogen and oxygen atoms in total. The zero-order valence-electron chi connectivity index (χ0n) is 8.63. The fourth-order valence-electron chi connectivity index (χ4n) is 1.63. The Labute approximate surface area is 115 Å². The Kier molecular flexibility index (Phi) is 4.05. The number of hydrogen-bond donors (Lipinski definition) is 1. The van der Waals surface area contributed by atoms with Crippen LogP contribution in [0.2, 0.25) is 0 Å². The zero-order chi connectivity index (χ0) is 11.7. The van der Waals surface area contributed by atoms with E-state index in [9.17, 15) is 4.79 Å². The molecule has 1 aliphatic rings. The van der Waals surface area contributed by atoms with E-state index >= 15 is 0 Å². The van der Waals surface area contributed by atoms with Crippen LogP contribution in [0.15, 0.2) is 13.6 Å². The average Bonchev–Trinajstić information content (AvgIpc) is 2.50. The molecule has 16 heavy (non-hydrogen) atoms. The van der Waals surface area contributed by atoms with Crippen molar-refractivity contribution in [3.8, 4) is 0 Å². The van der Waals surface area contributed by atoms with E-state index in [1.807, 2.05) is 6.07 Å². The average molecular weight is 369 g/mol. The van der Waals surface area contributed by atoms with Crippen LogP contribution in [0.4, 0.5) is 0 Å². The second-order valence-electron chi connectivity index (χ2n) is 3.74. The van der Waals surface area contributed by atoms with Crippen molar-refractivity contribution in [3.63, 3.8) is 0 Å². The van der Waals surface area contributed by atoms with Crippen molar-refractivity contribution in [2.75, 3.05) is 7.11 Å². The lowest BCUT2D eigenvalue weighted by molar-refractivity contribution is 0.0176. The minimum atomic E-state index is -0.0200. The molecule has 1 aromatic rings. The summed E-state index contributed by atoms with van der Waals surface area (Å²) >= 11 is 8.24. The molecule has 0 aromatic carbocycles. The van der Waals surface area contributed by atoms with Gasteiger partial charge in [-0.2, -0.15) is 0 Å². The Bertz CT molecular complexity index is 402. The number of halogens is 2. The molecule has 88 valence electrons. The maximum Gasteiger partial charge on any atom is 0.253 e. The van der Waals surface area contributed by atoms with E-state index in [4.69, 9.17) is 4.74 Å². The molecule has 0 saturated heterocycles. The highest BCUT2D eigenvalue weighted by Gasteiger charge is 2.30. The minimum Gasteiger partial charge on any atom is -0.381 e. The lowest BCUT2D eigenvalue weighted by Crippen LogP contribution is -2.47. The molecule has 1 N–H and O–H groups in total. The Hall–Kier alpha value is 0.0900. The summed E-state index contributed by atoms with van der Waals surface area (Å²) in [5.74, 6) is -0.0200. The predicted octanol–water partition coefficient (Wildman–Crippen LogP) is 3.18. The molecule has 1 heterocycles. The molecular weight excluding hydrogens is 358 g/mol. The number of carbonyl (C=O) groups is 1. The van der Waals surface area contributed by atoms with Gasteiger partial charge in [0.25, 0.3) is 5.91 Å². The summed E-state index contributed by atoms with van der Waals surface area (Å²) < 4.78 is 6.98. The van der Waals surface area contributed by atoms with E-state index < -0.39 is 0 Å². The van der Waals surface area contributed by atoms with Crippen LogP contribution in [0.25, 0.3) is 0 Å². The lowest BCUT2D eigenvalue weighted by atomic mass is 9.89. The van der Waals surface area contributed by atoms with Gasteiger partial charge in [-0.25, -0.2) is 0 Å². The summed E-state index contributed by atoms with van der Waals surface area (Å²) in [5, 5.41) is 2.99. The number of methoxy groups -OCH3 is 1. The fraction of sp³-hybridized carbons (Fsp3) is 0.500. The Morgan fingerprint density at radius 2 is 2.25 bits per heavy atom. The van der Waals surface area contributed by atoms with E-state index in [-0.39, 0.29) is 11.9 Å². The SMILES string of the molecule is COC1CC(NC(=O)c2cc(Br)sc2Br)C1. The van der Waals surface area contributed by atoms with E-state index in [2.05, 4.69) is 37.2 Å². The maximum absolute atomic E-state index is 11.9. The molecule has 1 aromatic heterocycles. The zero-order valence-corrected chi connectivity index (χ0v) is 12.6. The Balaban J connectivity index is 1.92. The lowest BCUT2D eigenvalue weighted by Gasteiger charge is -2.34. The summed E-state index contributed by atoms with van der Waals surface area (Å²) in [7, 11) is 1.70. The van der Waals surface area contributed by atoms with Crippen molar-refractivity contribution in [3.05, 3.63) is 19.2 Å². The van der Waals surface area contributed by atoms with Gasteiger partial charge in [-0.15, -0.1) is 11.3 Å². The number of nitrogens with one attached hydrogen (secondary N) is 1. The fourth-order valence-corrected chi connectivity index (χ4v) is 4.43. The first-order chi connectivity index (χ1) is 7.60. The van der Waals surface area contributed by atoms with E-state index in [1.54, 1.807) is 7.11 Å². The van der Waals surface area contributed by atoms with E-state index in [1.165, 1.54) is 11.3 Å². The molecule has 1 aliphatic carbocycles. The first-order valence-electron chi connectivity index (χ1n) is 4.88. The molecule has 0 bridgehead atoms. The van der Waals surface area contributed by atoms with Gasteiger partial charge in [0.15, 0.2) is 0 Å². The van der Waals surface area contributed by atoms with Crippen molar-refractivity contribution in [2.45, 2.75) is 25.0 Å². The van der Waals surface area contributed by atoms with Crippen molar-refractivity contribution < 1.29 is 9.53 Å². The molecule has 0 aliphatic heterocycles. The summed E-state index contributed by atoms with van der Waals surface area (Å²) in [6.07, 6.45) is 2.12. The van der Waals surface area contributed by atoms with Gasteiger partial charge in [-0.05, 0) is 50.8 Å². The third kappa shape index (κ3) is 2.67. The number of rotatable bonds is 3. The Morgan fingerprint density at radius 1 is 1.56 bits per heavy atom. The van der Waals surface area contributed by atoms with Gasteiger partial charge < -0.3 is 10.1 Å². The summed E-state index contributed by atoms with van der Waals surface area (Å²) in [5.41, 5.74) is 0.692. The summed E-state index contributed by atoms with van der Waals surface area (Å²) in [6, 6.07) is 2.08. The topological polar surface area (TPSA) is 38.3 Å². The van der Waals surface area contributed by atoms with Gasteiger partial charge in [0.1, 0.15) is 0 Å². The normalized spacial score (nSPS) is 23.9. The van der Waals surface area contributed by atoms with Gasteiger partial charge in [0.05, 0.1) is 19.2 Å². The van der Waals surface area contributed by atoms with Crippen LogP contribution < -0.4 is 5.32 Å². The number of ether oxygens (including phenoxy) is 1. The van der Waals surface area contributed by atoms with Crippen LogP contribution in [-0.2, 0) is 4.74 Å². The van der Waals surface area contributed by atoms with Gasteiger partial charge in [0.2, 0.25) is 0 Å². The third-order valence-electron chi connectivity index (χ3n) is 2.66. The molecule has 0 atom stereocenters. The van der Waals surface area contributed by atoms with Gasteiger partial charge in [0, 0.05) is 13.2 Å². The van der Waals surface area contributed by atoms with E-state index in [0.717, 1.165) is 20.4 Å². The predicted molar refractivity (Wildman–Crippen MR) is 71.0 cm³/mol. The molecule has 0 spiro atoms. The third-order valence-corrected chi connectivity index (χ3v) is 5.00. The molecule has 1 saturated carbocycles. The van der Waals surface area contributed by atoms with Gasteiger partial charge in [-0.3, -0.25) is 4.79 Å². The first-order valence-corrected chi connectivity index (χ1v) is 7.29. The minimum absolute atomic E-state index is 0.0200. The van der Waals surface area contributed by atoms with Crippen molar-refractivity contribution in [2.24, 2.45) is 0 Å². The van der Waals surface area contributed by atoms with Gasteiger partial charge >= 0.3 is 0 Å². The van der Waals surface area contributed by atoms with Gasteiger partial charge in [-0.1, -0.05) is 0 Å². The summed E-state index contributed by atoms with van der Waals surface area (Å²) in [4.78, 5) is 11.9.